The van der Waals surface area contributed by atoms with Crippen LogP contribution in [0.4, 0.5) is 74.6 Å². The van der Waals surface area contributed by atoms with Gasteiger partial charge in [0, 0.05) is 0 Å². The highest BCUT2D eigenvalue weighted by Crippen LogP contribution is 2.64. The summed E-state index contributed by atoms with van der Waals surface area (Å²) in [5.41, 5.74) is 0. The van der Waals surface area contributed by atoms with Gasteiger partial charge in [-0.2, -0.15) is 83.1 Å². The standard InChI is InChI=1S/C26H37F17O3S.H3N/c1-2-3-4-5-6-7-8-9-10-11-12-13-14-15-16-17-18-46-47(44,45)26(42,43)24(37,38)22(33,34)20(29,30)19(27,28)21(31,32)23(35,36)25(39,40)41;/h2-18H2,1H3;1H3. The van der Waals surface area contributed by atoms with E-state index in [0.717, 1.165) is 44.9 Å². The third-order valence-corrected chi connectivity index (χ3v) is 8.60. The number of unbranched alkanes of at least 4 members (excludes halogenated alkanes) is 15. The molecule has 22 heteroatoms. The van der Waals surface area contributed by atoms with Gasteiger partial charge in [-0.15, -0.1) is 0 Å². The van der Waals surface area contributed by atoms with Crippen molar-refractivity contribution in [2.24, 2.45) is 0 Å². The van der Waals surface area contributed by atoms with Crippen LogP contribution in [-0.4, -0.2) is 62.0 Å². The van der Waals surface area contributed by atoms with Crippen LogP contribution in [0.1, 0.15) is 110 Å². The molecule has 0 unspecified atom stereocenters. The molecule has 4 nitrogen and oxygen atoms in total. The average Bonchev–Trinajstić information content (AvgIpc) is 2.93. The fourth-order valence-electron chi connectivity index (χ4n) is 4.20. The molecule has 0 amide bonds. The van der Waals surface area contributed by atoms with E-state index in [0.29, 0.717) is 19.3 Å². The van der Waals surface area contributed by atoms with Crippen molar-refractivity contribution < 1.29 is 87.2 Å². The monoisotopic (exact) mass is 769 g/mol. The summed E-state index contributed by atoms with van der Waals surface area (Å²) >= 11 is 0. The molecule has 0 saturated carbocycles. The average molecular weight is 770 g/mol. The summed E-state index contributed by atoms with van der Waals surface area (Å²) in [5, 5.41) is -7.63. The second-order valence-corrected chi connectivity index (χ2v) is 12.7. The van der Waals surface area contributed by atoms with Gasteiger partial charge in [0.15, 0.2) is 0 Å². The van der Waals surface area contributed by atoms with Crippen LogP contribution in [0.2, 0.25) is 0 Å². The van der Waals surface area contributed by atoms with Gasteiger partial charge in [0.25, 0.3) is 0 Å². The molecule has 0 atom stereocenters. The minimum absolute atomic E-state index is 0. The molecule has 0 aromatic rings. The Hall–Kier alpha value is -1.32. The Bertz CT molecular complexity index is 1040. The summed E-state index contributed by atoms with van der Waals surface area (Å²) < 4.78 is 253. The van der Waals surface area contributed by atoms with Gasteiger partial charge in [-0.3, -0.25) is 4.18 Å². The van der Waals surface area contributed by atoms with E-state index in [1.165, 1.54) is 25.7 Å². The molecule has 0 aliphatic rings. The molecule has 0 spiro atoms. The molecule has 0 aromatic carbocycles. The van der Waals surface area contributed by atoms with Crippen LogP contribution >= 0.6 is 0 Å². The smallest absolute Gasteiger partial charge is 0.344 e. The molecule has 0 saturated heterocycles. The summed E-state index contributed by atoms with van der Waals surface area (Å²) in [6, 6.07) is 0. The molecular weight excluding hydrogens is 729 g/mol. The maximum Gasteiger partial charge on any atom is 0.460 e. The number of hydrogen-bond acceptors (Lipinski definition) is 4. The largest absolute Gasteiger partial charge is 0.460 e. The zero-order valence-corrected chi connectivity index (χ0v) is 26.6. The molecule has 0 radical (unpaired) electrons. The summed E-state index contributed by atoms with van der Waals surface area (Å²) in [5.74, 6) is -51.7. The van der Waals surface area contributed by atoms with Crippen LogP contribution in [0.3, 0.4) is 0 Å². The van der Waals surface area contributed by atoms with Crippen molar-refractivity contribution in [1.29, 1.82) is 0 Å². The first-order valence-corrected chi connectivity index (χ1v) is 16.1. The Kier molecular flexibility index (Phi) is 18.6. The van der Waals surface area contributed by atoms with Gasteiger partial charge in [0.05, 0.1) is 6.61 Å². The van der Waals surface area contributed by atoms with Gasteiger partial charge in [-0.25, -0.2) is 0 Å². The summed E-state index contributed by atoms with van der Waals surface area (Å²) in [6.45, 7) is 0.665. The molecule has 0 aromatic heterocycles. The van der Waals surface area contributed by atoms with Crippen molar-refractivity contribution in [2.75, 3.05) is 6.61 Å². The third-order valence-electron chi connectivity index (χ3n) is 7.24. The normalized spacial score (nSPS) is 14.7. The molecule has 3 N–H and O–H groups in total. The highest BCUT2D eigenvalue weighted by Gasteiger charge is 2.96. The maximum atomic E-state index is 14.0. The lowest BCUT2D eigenvalue weighted by molar-refractivity contribution is -0.458. The second kappa shape index (κ2) is 18.3. The van der Waals surface area contributed by atoms with Crippen molar-refractivity contribution in [3.63, 3.8) is 0 Å². The molecule has 0 heterocycles. The highest BCUT2D eigenvalue weighted by atomic mass is 32.2. The predicted octanol–water partition coefficient (Wildman–Crippen LogP) is 11.7. The Labute approximate surface area is 267 Å². The summed E-state index contributed by atoms with van der Waals surface area (Å²) in [4.78, 5) is 0. The fraction of sp³-hybridized carbons (Fsp3) is 1.00. The molecule has 48 heavy (non-hydrogen) atoms. The van der Waals surface area contributed by atoms with Gasteiger partial charge in [0.2, 0.25) is 0 Å². The van der Waals surface area contributed by atoms with Crippen molar-refractivity contribution in [2.45, 2.75) is 157 Å². The van der Waals surface area contributed by atoms with Crippen LogP contribution in [0.25, 0.3) is 0 Å². The number of rotatable bonds is 25. The fourth-order valence-corrected chi connectivity index (χ4v) is 5.13. The minimum atomic E-state index is -8.85. The Morgan fingerprint density at radius 2 is 0.646 bits per heavy atom. The molecule has 0 bridgehead atoms. The first-order valence-electron chi connectivity index (χ1n) is 14.7. The molecular formula is C26H40F17NO3S. The number of alkyl halides is 17. The van der Waals surface area contributed by atoms with Crippen molar-refractivity contribution in [3.8, 4) is 0 Å². The van der Waals surface area contributed by atoms with E-state index < -0.39 is 70.1 Å². The molecule has 0 aliphatic heterocycles. The van der Waals surface area contributed by atoms with Crippen LogP contribution in [-0.2, 0) is 14.3 Å². The zero-order chi connectivity index (χ0) is 37.2. The van der Waals surface area contributed by atoms with E-state index in [-0.39, 0.29) is 12.6 Å². The second-order valence-electron chi connectivity index (χ2n) is 11.0. The van der Waals surface area contributed by atoms with Crippen molar-refractivity contribution in [1.82, 2.24) is 6.15 Å². The van der Waals surface area contributed by atoms with Crippen LogP contribution in [0.5, 0.6) is 0 Å². The van der Waals surface area contributed by atoms with Gasteiger partial charge < -0.3 is 6.15 Å². The van der Waals surface area contributed by atoms with Crippen molar-refractivity contribution >= 4 is 10.1 Å². The van der Waals surface area contributed by atoms with E-state index in [1.54, 1.807) is 0 Å². The Morgan fingerprint density at radius 1 is 0.396 bits per heavy atom. The van der Waals surface area contributed by atoms with Gasteiger partial charge in [-0.05, 0) is 6.42 Å². The maximum absolute atomic E-state index is 14.0. The quantitative estimate of drug-likeness (QED) is 0.0570. The zero-order valence-electron chi connectivity index (χ0n) is 25.8. The van der Waals surface area contributed by atoms with E-state index in [2.05, 4.69) is 11.1 Å². The molecule has 0 aliphatic carbocycles. The lowest BCUT2D eigenvalue weighted by Gasteiger charge is -2.42. The van der Waals surface area contributed by atoms with Gasteiger partial charge in [-0.1, -0.05) is 103 Å². The molecule has 292 valence electrons. The topological polar surface area (TPSA) is 78.4 Å². The first kappa shape index (κ1) is 48.8. The number of halogens is 17. The van der Waals surface area contributed by atoms with E-state index in [1.807, 2.05) is 0 Å². The Morgan fingerprint density at radius 3 is 0.938 bits per heavy atom. The van der Waals surface area contributed by atoms with E-state index in [9.17, 15) is 83.1 Å². The lowest BCUT2D eigenvalue weighted by Crippen LogP contribution is -2.75. The van der Waals surface area contributed by atoms with Crippen LogP contribution in [0, 0.1) is 0 Å². The van der Waals surface area contributed by atoms with Gasteiger partial charge >= 0.3 is 57.1 Å². The number of hydrogen-bond donors (Lipinski definition) is 1. The van der Waals surface area contributed by atoms with E-state index in [4.69, 9.17) is 0 Å². The highest BCUT2D eigenvalue weighted by molar-refractivity contribution is 7.87. The minimum Gasteiger partial charge on any atom is -0.344 e. The van der Waals surface area contributed by atoms with Gasteiger partial charge in [0.1, 0.15) is 0 Å². The SMILES string of the molecule is CCCCCCCCCCCCCCCCCCOS(=O)(=O)C(F)(F)C(F)(F)C(F)(F)C(F)(F)C(F)(F)C(F)(F)C(F)(F)C(F)(F)F.N. The Balaban J connectivity index is 0. The van der Waals surface area contributed by atoms with E-state index >= 15 is 0 Å². The summed E-state index contributed by atoms with van der Waals surface area (Å²) in [7, 11) is -7.47. The lowest BCUT2D eigenvalue weighted by atomic mass is 9.91. The molecule has 0 rings (SSSR count). The predicted molar refractivity (Wildman–Crippen MR) is 140 cm³/mol. The third kappa shape index (κ3) is 10.4. The molecule has 0 fully saturated rings. The first-order chi connectivity index (χ1) is 21.1. The van der Waals surface area contributed by atoms with Crippen LogP contribution < -0.4 is 6.15 Å². The van der Waals surface area contributed by atoms with Crippen molar-refractivity contribution in [3.05, 3.63) is 0 Å². The van der Waals surface area contributed by atoms with Crippen LogP contribution in [0.15, 0.2) is 0 Å². The summed E-state index contributed by atoms with van der Waals surface area (Å²) in [6.07, 6.45) is 5.10.